The molecule has 116 valence electrons. The Morgan fingerprint density at radius 2 is 1.86 bits per heavy atom. The van der Waals surface area contributed by atoms with Gasteiger partial charge in [-0.2, -0.15) is 13.2 Å². The van der Waals surface area contributed by atoms with E-state index in [2.05, 4.69) is 20.7 Å². The van der Waals surface area contributed by atoms with E-state index in [9.17, 15) is 18.0 Å². The summed E-state index contributed by atoms with van der Waals surface area (Å²) in [6.07, 6.45) is -4.44. The molecule has 0 saturated carbocycles. The third kappa shape index (κ3) is 3.24. The number of carbonyl (C=O) groups excluding carboxylic acids is 1. The molecule has 0 amide bonds. The van der Waals surface area contributed by atoms with E-state index in [-0.39, 0.29) is 11.3 Å². The number of rotatable bonds is 2. The number of nitrogen functional groups attached to an aromatic ring is 1. The van der Waals surface area contributed by atoms with Gasteiger partial charge in [-0.25, -0.2) is 4.79 Å². The maximum Gasteiger partial charge on any atom is 0.416 e. The standard InChI is InChI=1S/C15H11BrF3NO2/c1-22-14(21)11-6-9(7-12(16)13(11)20)8-3-2-4-10(5-8)15(17,18)19/h2-7H,20H2,1H3. The van der Waals surface area contributed by atoms with E-state index in [0.717, 1.165) is 12.1 Å². The molecule has 0 unspecified atom stereocenters. The van der Waals surface area contributed by atoms with Crippen LogP contribution in [0.2, 0.25) is 0 Å². The van der Waals surface area contributed by atoms with Crippen molar-refractivity contribution in [2.45, 2.75) is 6.18 Å². The molecule has 2 aromatic rings. The van der Waals surface area contributed by atoms with Crippen molar-refractivity contribution in [3.8, 4) is 11.1 Å². The number of benzene rings is 2. The third-order valence-corrected chi connectivity index (χ3v) is 3.71. The Morgan fingerprint density at radius 1 is 1.18 bits per heavy atom. The minimum atomic E-state index is -4.44. The fourth-order valence-electron chi connectivity index (χ4n) is 1.94. The molecule has 0 spiro atoms. The van der Waals surface area contributed by atoms with Crippen LogP contribution < -0.4 is 5.73 Å². The third-order valence-electron chi connectivity index (χ3n) is 3.06. The van der Waals surface area contributed by atoms with Crippen molar-refractivity contribution in [1.82, 2.24) is 0 Å². The summed E-state index contributed by atoms with van der Waals surface area (Å²) in [6.45, 7) is 0. The van der Waals surface area contributed by atoms with Crippen molar-refractivity contribution in [1.29, 1.82) is 0 Å². The first-order valence-corrected chi connectivity index (χ1v) is 6.88. The molecule has 0 heterocycles. The summed E-state index contributed by atoms with van der Waals surface area (Å²) in [5.41, 5.74) is 6.01. The van der Waals surface area contributed by atoms with Crippen LogP contribution in [0, 0.1) is 0 Å². The van der Waals surface area contributed by atoms with Crippen LogP contribution in [-0.4, -0.2) is 13.1 Å². The number of carbonyl (C=O) groups is 1. The number of nitrogens with two attached hydrogens (primary N) is 1. The van der Waals surface area contributed by atoms with E-state index in [0.29, 0.717) is 15.6 Å². The van der Waals surface area contributed by atoms with E-state index < -0.39 is 17.7 Å². The van der Waals surface area contributed by atoms with Gasteiger partial charge in [0.05, 0.1) is 23.9 Å². The summed E-state index contributed by atoms with van der Waals surface area (Å²) in [4.78, 5) is 11.7. The van der Waals surface area contributed by atoms with Crippen molar-refractivity contribution in [2.75, 3.05) is 12.8 Å². The molecular formula is C15H11BrF3NO2. The first-order chi connectivity index (χ1) is 10.2. The normalized spacial score (nSPS) is 11.3. The molecule has 0 aromatic heterocycles. The van der Waals surface area contributed by atoms with Crippen LogP contribution in [-0.2, 0) is 10.9 Å². The highest BCUT2D eigenvalue weighted by molar-refractivity contribution is 9.10. The average molecular weight is 374 g/mol. The summed E-state index contributed by atoms with van der Waals surface area (Å²) < 4.78 is 43.4. The molecule has 2 aromatic carbocycles. The molecule has 0 saturated heterocycles. The fourth-order valence-corrected chi connectivity index (χ4v) is 2.40. The number of hydrogen-bond donors (Lipinski definition) is 1. The van der Waals surface area contributed by atoms with Gasteiger partial charge in [-0.15, -0.1) is 0 Å². The summed E-state index contributed by atoms with van der Waals surface area (Å²) >= 11 is 3.19. The summed E-state index contributed by atoms with van der Waals surface area (Å²) in [5.74, 6) is -0.660. The molecule has 0 fully saturated rings. The maximum absolute atomic E-state index is 12.8. The molecule has 0 atom stereocenters. The molecule has 0 aliphatic heterocycles. The van der Waals surface area contributed by atoms with Gasteiger partial charge >= 0.3 is 12.1 Å². The fraction of sp³-hybridized carbons (Fsp3) is 0.133. The maximum atomic E-state index is 12.8. The van der Waals surface area contributed by atoms with Gasteiger partial charge in [0.15, 0.2) is 0 Å². The Balaban J connectivity index is 2.59. The van der Waals surface area contributed by atoms with Gasteiger partial charge in [-0.05, 0) is 51.3 Å². The van der Waals surface area contributed by atoms with E-state index in [4.69, 9.17) is 5.73 Å². The highest BCUT2D eigenvalue weighted by atomic mass is 79.9. The van der Waals surface area contributed by atoms with Crippen molar-refractivity contribution < 1.29 is 22.7 Å². The Bertz CT molecular complexity index is 729. The van der Waals surface area contributed by atoms with E-state index in [1.165, 1.54) is 25.3 Å². The second-order valence-electron chi connectivity index (χ2n) is 4.49. The Labute approximate surface area is 133 Å². The van der Waals surface area contributed by atoms with Crippen molar-refractivity contribution in [3.63, 3.8) is 0 Å². The van der Waals surface area contributed by atoms with E-state index in [1.54, 1.807) is 6.07 Å². The van der Waals surface area contributed by atoms with Crippen LogP contribution >= 0.6 is 15.9 Å². The second kappa shape index (κ2) is 6.00. The van der Waals surface area contributed by atoms with Crippen molar-refractivity contribution in [2.24, 2.45) is 0 Å². The van der Waals surface area contributed by atoms with Gasteiger partial charge in [-0.1, -0.05) is 12.1 Å². The Morgan fingerprint density at radius 3 is 2.45 bits per heavy atom. The molecular weight excluding hydrogens is 363 g/mol. The number of hydrogen-bond acceptors (Lipinski definition) is 3. The lowest BCUT2D eigenvalue weighted by Crippen LogP contribution is -2.07. The number of halogens is 4. The van der Waals surface area contributed by atoms with E-state index >= 15 is 0 Å². The zero-order valence-electron chi connectivity index (χ0n) is 11.4. The lowest BCUT2D eigenvalue weighted by molar-refractivity contribution is -0.137. The summed E-state index contributed by atoms with van der Waals surface area (Å²) in [7, 11) is 1.20. The smallest absolute Gasteiger partial charge is 0.416 e. The van der Waals surface area contributed by atoms with Gasteiger partial charge in [-0.3, -0.25) is 0 Å². The Kier molecular flexibility index (Phi) is 4.46. The first kappa shape index (κ1) is 16.4. The first-order valence-electron chi connectivity index (χ1n) is 6.09. The topological polar surface area (TPSA) is 52.3 Å². The zero-order valence-corrected chi connectivity index (χ0v) is 13.0. The molecule has 2 rings (SSSR count). The van der Waals surface area contributed by atoms with Crippen LogP contribution in [0.1, 0.15) is 15.9 Å². The molecule has 0 bridgehead atoms. The molecule has 0 radical (unpaired) electrons. The molecule has 0 aliphatic carbocycles. The predicted octanol–water partition coefficient (Wildman–Crippen LogP) is 4.50. The largest absolute Gasteiger partial charge is 0.465 e. The van der Waals surface area contributed by atoms with Gasteiger partial charge in [0.2, 0.25) is 0 Å². The minimum Gasteiger partial charge on any atom is -0.465 e. The Hall–Kier alpha value is -2.02. The predicted molar refractivity (Wildman–Crippen MR) is 80.3 cm³/mol. The second-order valence-corrected chi connectivity index (χ2v) is 5.34. The van der Waals surface area contributed by atoms with Crippen LogP contribution in [0.25, 0.3) is 11.1 Å². The van der Waals surface area contributed by atoms with Gasteiger partial charge in [0.1, 0.15) is 0 Å². The highest BCUT2D eigenvalue weighted by Gasteiger charge is 2.30. The van der Waals surface area contributed by atoms with Crippen molar-refractivity contribution >= 4 is 27.6 Å². The van der Waals surface area contributed by atoms with Crippen LogP contribution in [0.15, 0.2) is 40.9 Å². The minimum absolute atomic E-state index is 0.0873. The van der Waals surface area contributed by atoms with Crippen LogP contribution in [0.4, 0.5) is 18.9 Å². The monoisotopic (exact) mass is 373 g/mol. The van der Waals surface area contributed by atoms with Crippen LogP contribution in [0.5, 0.6) is 0 Å². The zero-order chi connectivity index (χ0) is 16.5. The van der Waals surface area contributed by atoms with Crippen LogP contribution in [0.3, 0.4) is 0 Å². The SMILES string of the molecule is COC(=O)c1cc(-c2cccc(C(F)(F)F)c2)cc(Br)c1N. The van der Waals surface area contributed by atoms with Gasteiger partial charge < -0.3 is 10.5 Å². The number of alkyl halides is 3. The number of esters is 1. The quantitative estimate of drug-likeness (QED) is 0.622. The van der Waals surface area contributed by atoms with Gasteiger partial charge in [0, 0.05) is 4.47 Å². The lowest BCUT2D eigenvalue weighted by Gasteiger charge is -2.12. The summed E-state index contributed by atoms with van der Waals surface area (Å²) in [6, 6.07) is 7.78. The number of anilines is 1. The number of methoxy groups -OCH3 is 1. The number of ether oxygens (including phenoxy) is 1. The highest BCUT2D eigenvalue weighted by Crippen LogP contribution is 2.35. The molecule has 3 nitrogen and oxygen atoms in total. The van der Waals surface area contributed by atoms with E-state index in [1.807, 2.05) is 0 Å². The molecule has 0 aliphatic rings. The average Bonchev–Trinajstić information content (AvgIpc) is 2.48. The summed E-state index contributed by atoms with van der Waals surface area (Å²) in [5, 5.41) is 0. The molecule has 2 N–H and O–H groups in total. The molecule has 7 heteroatoms. The van der Waals surface area contributed by atoms with Gasteiger partial charge in [0.25, 0.3) is 0 Å². The lowest BCUT2D eigenvalue weighted by atomic mass is 10.00. The molecule has 22 heavy (non-hydrogen) atoms. The van der Waals surface area contributed by atoms with Crippen molar-refractivity contribution in [3.05, 3.63) is 52.0 Å².